The second-order valence-corrected chi connectivity index (χ2v) is 10.0. The number of halogens is 1. The molecule has 0 saturated carbocycles. The second kappa shape index (κ2) is 10.2. The van der Waals surface area contributed by atoms with Gasteiger partial charge in [-0.3, -0.25) is 0 Å². The van der Waals surface area contributed by atoms with E-state index < -0.39 is 0 Å². The van der Waals surface area contributed by atoms with Crippen molar-refractivity contribution in [3.8, 4) is 0 Å². The number of thiocarbonyl (C=S) groups is 1. The minimum absolute atomic E-state index is 0.495. The molecule has 8 heteroatoms. The van der Waals surface area contributed by atoms with Gasteiger partial charge < -0.3 is 20.4 Å². The number of piperidine rings is 1. The lowest BCUT2D eigenvalue weighted by atomic mass is 10.0. The van der Waals surface area contributed by atoms with E-state index >= 15 is 0 Å². The highest BCUT2D eigenvalue weighted by Crippen LogP contribution is 2.31. The van der Waals surface area contributed by atoms with E-state index in [1.165, 1.54) is 24.0 Å². The molecule has 0 amide bonds. The van der Waals surface area contributed by atoms with Crippen LogP contribution in [0, 0.1) is 5.92 Å². The minimum Gasteiger partial charge on any atom is -0.358 e. The van der Waals surface area contributed by atoms with Crippen molar-refractivity contribution >= 4 is 46.5 Å². The van der Waals surface area contributed by atoms with Gasteiger partial charge in [-0.25, -0.2) is 0 Å². The van der Waals surface area contributed by atoms with Crippen LogP contribution in [-0.4, -0.2) is 28.2 Å². The van der Waals surface area contributed by atoms with Gasteiger partial charge in [0.2, 0.25) is 5.95 Å². The van der Waals surface area contributed by atoms with Gasteiger partial charge in [0.05, 0.1) is 0 Å². The van der Waals surface area contributed by atoms with Gasteiger partial charge in [0, 0.05) is 43.8 Å². The summed E-state index contributed by atoms with van der Waals surface area (Å²) in [5.41, 5.74) is 3.80. The number of aromatic nitrogens is 2. The zero-order chi connectivity index (χ0) is 23.5. The summed E-state index contributed by atoms with van der Waals surface area (Å²) < 4.78 is 0. The Bertz CT molecular complexity index is 1140. The molecule has 3 heterocycles. The molecular formula is C26H29ClN6S. The van der Waals surface area contributed by atoms with E-state index in [0.29, 0.717) is 23.5 Å². The van der Waals surface area contributed by atoms with Crippen LogP contribution in [0.2, 0.25) is 5.02 Å². The van der Waals surface area contributed by atoms with Crippen molar-refractivity contribution in [2.45, 2.75) is 39.4 Å². The Kier molecular flexibility index (Phi) is 6.83. The summed E-state index contributed by atoms with van der Waals surface area (Å²) in [5, 5.41) is 7.68. The van der Waals surface area contributed by atoms with Crippen LogP contribution in [-0.2, 0) is 19.6 Å². The number of benzene rings is 2. The predicted octanol–water partition coefficient (Wildman–Crippen LogP) is 5.37. The first-order valence-corrected chi connectivity index (χ1v) is 12.6. The smallest absolute Gasteiger partial charge is 0.232 e. The van der Waals surface area contributed by atoms with Crippen LogP contribution in [0.1, 0.15) is 36.5 Å². The van der Waals surface area contributed by atoms with Gasteiger partial charge in [-0.1, -0.05) is 54.9 Å². The largest absolute Gasteiger partial charge is 0.358 e. The normalized spacial score (nSPS) is 17.4. The van der Waals surface area contributed by atoms with Crippen LogP contribution in [0.25, 0.3) is 0 Å². The van der Waals surface area contributed by atoms with E-state index in [9.17, 15) is 0 Å². The van der Waals surface area contributed by atoms with Crippen molar-refractivity contribution in [1.82, 2.24) is 15.3 Å². The Morgan fingerprint density at radius 1 is 1.03 bits per heavy atom. The first-order valence-electron chi connectivity index (χ1n) is 11.8. The number of rotatable bonds is 5. The summed E-state index contributed by atoms with van der Waals surface area (Å²) in [7, 11) is 0. The summed E-state index contributed by atoms with van der Waals surface area (Å²) in [6, 6.07) is 18.4. The SMILES string of the molecule is C[C@@H]1CCCN(c2cc(N3Cc4ccccc4C3)nc(NC(=S)NCc3ccc(Cl)cc3)n2)C1. The molecule has 2 N–H and O–H groups in total. The molecule has 1 saturated heterocycles. The number of nitrogens with one attached hydrogen (secondary N) is 2. The molecule has 5 rings (SSSR count). The van der Waals surface area contributed by atoms with E-state index in [0.717, 1.165) is 48.4 Å². The topological polar surface area (TPSA) is 56.3 Å². The van der Waals surface area contributed by atoms with Crippen molar-refractivity contribution in [2.24, 2.45) is 5.92 Å². The van der Waals surface area contributed by atoms with Gasteiger partial charge in [0.25, 0.3) is 0 Å². The van der Waals surface area contributed by atoms with Gasteiger partial charge >= 0.3 is 0 Å². The maximum Gasteiger partial charge on any atom is 0.232 e. The van der Waals surface area contributed by atoms with E-state index in [2.05, 4.69) is 57.7 Å². The predicted molar refractivity (Wildman–Crippen MR) is 143 cm³/mol. The van der Waals surface area contributed by atoms with Crippen molar-refractivity contribution in [2.75, 3.05) is 28.2 Å². The average Bonchev–Trinajstić information content (AvgIpc) is 3.28. The van der Waals surface area contributed by atoms with E-state index in [4.69, 9.17) is 33.8 Å². The summed E-state index contributed by atoms with van der Waals surface area (Å²) in [5.74, 6) is 3.05. The quantitative estimate of drug-likeness (QED) is 0.464. The fourth-order valence-electron chi connectivity index (χ4n) is 4.62. The molecule has 0 unspecified atom stereocenters. The highest BCUT2D eigenvalue weighted by Gasteiger charge is 2.24. The number of fused-ring (bicyclic) bond motifs is 1. The minimum atomic E-state index is 0.495. The summed E-state index contributed by atoms with van der Waals surface area (Å²) in [6.45, 7) is 6.62. The molecule has 2 aliphatic heterocycles. The zero-order valence-corrected chi connectivity index (χ0v) is 20.9. The van der Waals surface area contributed by atoms with Crippen molar-refractivity contribution in [3.63, 3.8) is 0 Å². The average molecular weight is 493 g/mol. The fourth-order valence-corrected chi connectivity index (χ4v) is 4.91. The molecular weight excluding hydrogens is 464 g/mol. The molecule has 0 radical (unpaired) electrons. The molecule has 2 aromatic carbocycles. The Morgan fingerprint density at radius 3 is 2.38 bits per heavy atom. The summed E-state index contributed by atoms with van der Waals surface area (Å²) >= 11 is 11.5. The highest BCUT2D eigenvalue weighted by molar-refractivity contribution is 7.80. The van der Waals surface area contributed by atoms with Gasteiger partial charge in [-0.2, -0.15) is 9.97 Å². The standard InChI is InChI=1S/C26H29ClN6S/c1-18-5-4-12-32(15-18)23-13-24(33-16-20-6-2-3-7-21(20)17-33)30-25(29-23)31-26(34)28-14-19-8-10-22(27)11-9-19/h2-3,6-11,13,18H,4-5,12,14-17H2,1H3,(H2,28,29,30,31,34)/t18-/m1/s1. The fraction of sp³-hybridized carbons (Fsp3) is 0.346. The van der Waals surface area contributed by atoms with Crippen molar-refractivity contribution in [3.05, 3.63) is 76.3 Å². The highest BCUT2D eigenvalue weighted by atomic mass is 35.5. The molecule has 3 aromatic rings. The lowest BCUT2D eigenvalue weighted by Crippen LogP contribution is -2.35. The van der Waals surface area contributed by atoms with Crippen LogP contribution in [0.4, 0.5) is 17.6 Å². The van der Waals surface area contributed by atoms with Crippen LogP contribution in [0.15, 0.2) is 54.6 Å². The van der Waals surface area contributed by atoms with Gasteiger partial charge in [0.15, 0.2) is 5.11 Å². The van der Waals surface area contributed by atoms with Crippen LogP contribution in [0.3, 0.4) is 0 Å². The maximum absolute atomic E-state index is 5.98. The number of hydrogen-bond donors (Lipinski definition) is 2. The molecule has 0 spiro atoms. The van der Waals surface area contributed by atoms with Crippen molar-refractivity contribution in [1.29, 1.82) is 0 Å². The Balaban J connectivity index is 1.35. The third kappa shape index (κ3) is 5.42. The first kappa shape index (κ1) is 22.9. The summed E-state index contributed by atoms with van der Waals surface area (Å²) in [6.07, 6.45) is 2.44. The van der Waals surface area contributed by atoms with Gasteiger partial charge in [-0.05, 0) is 59.8 Å². The first-order chi connectivity index (χ1) is 16.5. The molecule has 1 atom stereocenters. The van der Waals surface area contributed by atoms with E-state index in [-0.39, 0.29) is 0 Å². The Labute approximate surface area is 211 Å². The van der Waals surface area contributed by atoms with E-state index in [1.54, 1.807) is 0 Å². The lowest BCUT2D eigenvalue weighted by Gasteiger charge is -2.32. The molecule has 6 nitrogen and oxygen atoms in total. The van der Waals surface area contributed by atoms with Crippen LogP contribution in [0.5, 0.6) is 0 Å². The molecule has 1 aromatic heterocycles. The Morgan fingerprint density at radius 2 is 1.71 bits per heavy atom. The van der Waals surface area contributed by atoms with E-state index in [1.807, 2.05) is 24.3 Å². The zero-order valence-electron chi connectivity index (χ0n) is 19.3. The van der Waals surface area contributed by atoms with Crippen LogP contribution < -0.4 is 20.4 Å². The maximum atomic E-state index is 5.98. The molecule has 0 bridgehead atoms. The van der Waals surface area contributed by atoms with Crippen molar-refractivity contribution < 1.29 is 0 Å². The second-order valence-electron chi connectivity index (χ2n) is 9.16. The summed E-state index contributed by atoms with van der Waals surface area (Å²) in [4.78, 5) is 14.4. The third-order valence-electron chi connectivity index (χ3n) is 6.44. The number of anilines is 3. The molecule has 176 valence electrons. The van der Waals surface area contributed by atoms with Gasteiger partial charge in [0.1, 0.15) is 11.6 Å². The van der Waals surface area contributed by atoms with Crippen LogP contribution >= 0.6 is 23.8 Å². The molecule has 0 aliphatic carbocycles. The molecule has 34 heavy (non-hydrogen) atoms. The third-order valence-corrected chi connectivity index (χ3v) is 6.93. The molecule has 1 fully saturated rings. The monoisotopic (exact) mass is 492 g/mol. The number of nitrogens with zero attached hydrogens (tertiary/aromatic N) is 4. The number of hydrogen-bond acceptors (Lipinski definition) is 5. The van der Waals surface area contributed by atoms with Gasteiger partial charge in [-0.15, -0.1) is 0 Å². The molecule has 2 aliphatic rings. The Hall–Kier alpha value is -2.90. The lowest BCUT2D eigenvalue weighted by molar-refractivity contribution is 0.444.